The van der Waals surface area contributed by atoms with Gasteiger partial charge in [-0.15, -0.1) is 0 Å². The maximum absolute atomic E-state index is 5.38. The fraction of sp³-hybridized carbons (Fsp3) is 0.533. The van der Waals surface area contributed by atoms with E-state index in [4.69, 9.17) is 4.74 Å². The van der Waals surface area contributed by atoms with Gasteiger partial charge in [0.2, 0.25) is 5.88 Å². The molecule has 0 aliphatic carbocycles. The summed E-state index contributed by atoms with van der Waals surface area (Å²) in [5.41, 5.74) is 1.19. The summed E-state index contributed by atoms with van der Waals surface area (Å²) in [6.07, 6.45) is 4.19. The second-order valence-electron chi connectivity index (χ2n) is 5.35. The van der Waals surface area contributed by atoms with E-state index in [1.54, 1.807) is 0 Å². The zero-order chi connectivity index (χ0) is 14.7. The van der Waals surface area contributed by atoms with Gasteiger partial charge in [-0.1, -0.05) is 6.07 Å². The maximum Gasteiger partial charge on any atom is 0.213 e. The van der Waals surface area contributed by atoms with E-state index < -0.39 is 0 Å². The monoisotopic (exact) mass is 287 g/mol. The molecule has 21 heavy (non-hydrogen) atoms. The van der Waals surface area contributed by atoms with E-state index in [-0.39, 0.29) is 0 Å². The number of nitrogens with zero attached hydrogens (tertiary/aromatic N) is 4. The molecule has 0 spiro atoms. The molecule has 1 atom stereocenters. The number of aromatic amines is 1. The van der Waals surface area contributed by atoms with Crippen molar-refractivity contribution in [3.05, 3.63) is 35.5 Å². The Hall–Kier alpha value is -1.95. The predicted molar refractivity (Wildman–Crippen MR) is 78.9 cm³/mol. The molecule has 1 saturated heterocycles. The first-order valence-electron chi connectivity index (χ1n) is 7.47. The standard InChI is InChI=1S/C15H21N5O/c1-3-21-14-7-6-12(9-16-14)10-20-8-4-5-13(20)15-17-11(2)18-19-15/h6-7,9,13H,3-5,8,10H2,1-2H3,(H,17,18,19)/t13-/m0/s1. The third-order valence-electron chi connectivity index (χ3n) is 3.75. The molecular formula is C15H21N5O. The zero-order valence-electron chi connectivity index (χ0n) is 12.5. The summed E-state index contributed by atoms with van der Waals surface area (Å²) in [5.74, 6) is 2.47. The highest BCUT2D eigenvalue weighted by Gasteiger charge is 2.28. The number of rotatable bonds is 5. The molecule has 0 aromatic carbocycles. The second kappa shape index (κ2) is 6.22. The van der Waals surface area contributed by atoms with Gasteiger partial charge in [0.25, 0.3) is 0 Å². The van der Waals surface area contributed by atoms with Crippen LogP contribution in [-0.2, 0) is 6.54 Å². The van der Waals surface area contributed by atoms with Crippen molar-refractivity contribution < 1.29 is 4.74 Å². The molecule has 0 amide bonds. The van der Waals surface area contributed by atoms with Gasteiger partial charge in [0.1, 0.15) is 5.82 Å². The Morgan fingerprint density at radius 3 is 3.00 bits per heavy atom. The Kier molecular flexibility index (Phi) is 4.15. The Morgan fingerprint density at radius 2 is 2.33 bits per heavy atom. The zero-order valence-corrected chi connectivity index (χ0v) is 12.5. The number of likely N-dealkylation sites (tertiary alicyclic amines) is 1. The lowest BCUT2D eigenvalue weighted by Gasteiger charge is -2.22. The average molecular weight is 287 g/mol. The van der Waals surface area contributed by atoms with Gasteiger partial charge < -0.3 is 4.74 Å². The summed E-state index contributed by atoms with van der Waals surface area (Å²) in [6, 6.07) is 4.32. The van der Waals surface area contributed by atoms with Crippen LogP contribution in [0.2, 0.25) is 0 Å². The van der Waals surface area contributed by atoms with Crippen LogP contribution in [0.15, 0.2) is 18.3 Å². The van der Waals surface area contributed by atoms with Gasteiger partial charge in [0.05, 0.1) is 12.6 Å². The van der Waals surface area contributed by atoms with Crippen LogP contribution >= 0.6 is 0 Å². The number of aromatic nitrogens is 4. The third kappa shape index (κ3) is 3.21. The molecule has 0 saturated carbocycles. The van der Waals surface area contributed by atoms with Crippen LogP contribution in [0.5, 0.6) is 5.88 Å². The second-order valence-corrected chi connectivity index (χ2v) is 5.35. The Balaban J connectivity index is 1.68. The van der Waals surface area contributed by atoms with Gasteiger partial charge in [0, 0.05) is 18.8 Å². The molecule has 6 nitrogen and oxygen atoms in total. The minimum Gasteiger partial charge on any atom is -0.478 e. The molecule has 1 N–H and O–H groups in total. The number of pyridine rings is 1. The van der Waals surface area contributed by atoms with E-state index in [0.717, 1.165) is 31.2 Å². The smallest absolute Gasteiger partial charge is 0.213 e. The molecule has 1 fully saturated rings. The quantitative estimate of drug-likeness (QED) is 0.913. The minimum atomic E-state index is 0.307. The highest BCUT2D eigenvalue weighted by molar-refractivity contribution is 5.18. The molecule has 6 heteroatoms. The van der Waals surface area contributed by atoms with Crippen LogP contribution in [0.1, 0.15) is 43.0 Å². The number of ether oxygens (including phenoxy) is 1. The van der Waals surface area contributed by atoms with Crippen molar-refractivity contribution in [2.45, 2.75) is 39.3 Å². The average Bonchev–Trinajstić information content (AvgIpc) is 3.10. The van der Waals surface area contributed by atoms with Gasteiger partial charge in [-0.3, -0.25) is 10.00 Å². The van der Waals surface area contributed by atoms with Crippen molar-refractivity contribution in [3.8, 4) is 5.88 Å². The van der Waals surface area contributed by atoms with Gasteiger partial charge in [0.15, 0.2) is 5.82 Å². The summed E-state index contributed by atoms with van der Waals surface area (Å²) in [4.78, 5) is 11.2. The van der Waals surface area contributed by atoms with Crippen LogP contribution in [-0.4, -0.2) is 38.2 Å². The van der Waals surface area contributed by atoms with Crippen LogP contribution in [0, 0.1) is 6.92 Å². The first kappa shape index (κ1) is 14.0. The number of H-pyrrole nitrogens is 1. The lowest BCUT2D eigenvalue weighted by Crippen LogP contribution is -2.23. The van der Waals surface area contributed by atoms with Crippen LogP contribution in [0.4, 0.5) is 0 Å². The third-order valence-corrected chi connectivity index (χ3v) is 3.75. The van der Waals surface area contributed by atoms with E-state index in [9.17, 15) is 0 Å². The van der Waals surface area contributed by atoms with Gasteiger partial charge in [-0.2, -0.15) is 5.10 Å². The highest BCUT2D eigenvalue weighted by Crippen LogP contribution is 2.31. The molecule has 0 unspecified atom stereocenters. The molecule has 0 radical (unpaired) electrons. The molecule has 2 aromatic rings. The highest BCUT2D eigenvalue weighted by atomic mass is 16.5. The first-order chi connectivity index (χ1) is 10.3. The van der Waals surface area contributed by atoms with E-state index >= 15 is 0 Å². The molecule has 1 aliphatic rings. The Bertz CT molecular complexity index is 580. The molecule has 0 bridgehead atoms. The summed E-state index contributed by atoms with van der Waals surface area (Å²) in [7, 11) is 0. The number of nitrogens with one attached hydrogen (secondary N) is 1. The summed E-state index contributed by atoms with van der Waals surface area (Å²) < 4.78 is 5.38. The number of hydrogen-bond acceptors (Lipinski definition) is 5. The number of aryl methyl sites for hydroxylation is 1. The Labute approximate surface area is 124 Å². The van der Waals surface area contributed by atoms with Gasteiger partial charge in [-0.05, 0) is 38.8 Å². The summed E-state index contributed by atoms with van der Waals surface area (Å²) >= 11 is 0. The van der Waals surface area contributed by atoms with Crippen molar-refractivity contribution in [2.24, 2.45) is 0 Å². The molecule has 112 valence electrons. The van der Waals surface area contributed by atoms with E-state index in [1.165, 1.54) is 12.0 Å². The summed E-state index contributed by atoms with van der Waals surface area (Å²) in [6.45, 7) is 6.49. The molecule has 1 aliphatic heterocycles. The fourth-order valence-electron chi connectivity index (χ4n) is 2.79. The SMILES string of the molecule is CCOc1ccc(CN2CCC[C@H]2c2n[nH]c(C)n2)cn1. The van der Waals surface area contributed by atoms with E-state index in [1.807, 2.05) is 26.1 Å². The van der Waals surface area contributed by atoms with Crippen molar-refractivity contribution >= 4 is 0 Å². The number of hydrogen-bond donors (Lipinski definition) is 1. The van der Waals surface area contributed by atoms with Crippen LogP contribution in [0.3, 0.4) is 0 Å². The van der Waals surface area contributed by atoms with Crippen molar-refractivity contribution in [2.75, 3.05) is 13.2 Å². The van der Waals surface area contributed by atoms with Gasteiger partial charge in [-0.25, -0.2) is 9.97 Å². The van der Waals surface area contributed by atoms with E-state index in [2.05, 4.69) is 31.1 Å². The lowest BCUT2D eigenvalue weighted by molar-refractivity contribution is 0.239. The topological polar surface area (TPSA) is 66.9 Å². The molecule has 3 rings (SSSR count). The molecule has 3 heterocycles. The first-order valence-corrected chi connectivity index (χ1v) is 7.47. The van der Waals surface area contributed by atoms with Crippen molar-refractivity contribution in [3.63, 3.8) is 0 Å². The normalized spacial score (nSPS) is 19.0. The minimum absolute atomic E-state index is 0.307. The maximum atomic E-state index is 5.38. The molecular weight excluding hydrogens is 266 g/mol. The lowest BCUT2D eigenvalue weighted by atomic mass is 10.2. The van der Waals surface area contributed by atoms with E-state index in [0.29, 0.717) is 18.5 Å². The van der Waals surface area contributed by atoms with Crippen molar-refractivity contribution in [1.29, 1.82) is 0 Å². The fourth-order valence-corrected chi connectivity index (χ4v) is 2.79. The van der Waals surface area contributed by atoms with Crippen LogP contribution < -0.4 is 4.74 Å². The molecule has 2 aromatic heterocycles. The van der Waals surface area contributed by atoms with Crippen LogP contribution in [0.25, 0.3) is 0 Å². The predicted octanol–water partition coefficient (Wildman–Crippen LogP) is 2.24. The largest absolute Gasteiger partial charge is 0.478 e. The Morgan fingerprint density at radius 1 is 1.43 bits per heavy atom. The summed E-state index contributed by atoms with van der Waals surface area (Å²) in [5, 5.41) is 7.25. The van der Waals surface area contributed by atoms with Gasteiger partial charge >= 0.3 is 0 Å². The van der Waals surface area contributed by atoms with Crippen molar-refractivity contribution in [1.82, 2.24) is 25.1 Å².